The molecule has 0 saturated carbocycles. The topological polar surface area (TPSA) is 89.1 Å². The Balaban J connectivity index is 2.07. The number of halogens is 1. The Hall–Kier alpha value is -2.28. The maximum Gasteiger partial charge on any atom is 0.312 e. The van der Waals surface area contributed by atoms with Crippen LogP contribution >= 0.6 is 15.9 Å². The fraction of sp³-hybridized carbons (Fsp3) is 0.0769. The van der Waals surface area contributed by atoms with Crippen LogP contribution in [0.2, 0.25) is 0 Å². The van der Waals surface area contributed by atoms with Crippen molar-refractivity contribution in [3.05, 3.63) is 40.7 Å². The van der Waals surface area contributed by atoms with Gasteiger partial charge in [0.05, 0.1) is 5.52 Å². The van der Waals surface area contributed by atoms with E-state index in [0.29, 0.717) is 5.69 Å². The summed E-state index contributed by atoms with van der Waals surface area (Å²) in [4.78, 5) is 19.1. The Morgan fingerprint density at radius 1 is 1.30 bits per heavy atom. The van der Waals surface area contributed by atoms with Crippen molar-refractivity contribution in [3.63, 3.8) is 0 Å². The molecule has 2 heterocycles. The molecule has 6 nitrogen and oxygen atoms in total. The minimum atomic E-state index is -1.02. The molecular formula is C13H8BrN3O3. The van der Waals surface area contributed by atoms with Crippen molar-refractivity contribution in [1.29, 1.82) is 0 Å². The lowest BCUT2D eigenvalue weighted by Crippen LogP contribution is -2.00. The number of carboxylic acid groups (broad SMARTS) is 1. The zero-order valence-electron chi connectivity index (χ0n) is 10.1. The molecule has 0 aliphatic heterocycles. The third-order valence-electron chi connectivity index (χ3n) is 2.66. The Labute approximate surface area is 121 Å². The van der Waals surface area contributed by atoms with Gasteiger partial charge in [0.1, 0.15) is 12.1 Å². The van der Waals surface area contributed by atoms with Crippen LogP contribution in [-0.2, 0) is 11.2 Å². The minimum Gasteiger partial charge on any atom is -0.481 e. The highest BCUT2D eigenvalue weighted by Gasteiger charge is 2.15. The molecule has 0 bridgehead atoms. The van der Waals surface area contributed by atoms with E-state index in [1.165, 1.54) is 0 Å². The quantitative estimate of drug-likeness (QED) is 0.792. The van der Waals surface area contributed by atoms with Gasteiger partial charge in [0.2, 0.25) is 11.7 Å². The molecule has 0 unspecified atom stereocenters. The third-order valence-corrected chi connectivity index (χ3v) is 3.26. The smallest absolute Gasteiger partial charge is 0.312 e. The predicted octanol–water partition coefficient (Wildman–Crippen LogP) is 2.67. The number of fused-ring (bicyclic) bond motifs is 1. The largest absolute Gasteiger partial charge is 0.481 e. The molecule has 3 aromatic rings. The summed E-state index contributed by atoms with van der Waals surface area (Å²) in [5.74, 6) is -0.709. The van der Waals surface area contributed by atoms with Crippen LogP contribution in [-0.4, -0.2) is 26.2 Å². The molecule has 3 rings (SSSR count). The van der Waals surface area contributed by atoms with Crippen LogP contribution < -0.4 is 0 Å². The van der Waals surface area contributed by atoms with Crippen LogP contribution in [0.5, 0.6) is 0 Å². The van der Waals surface area contributed by atoms with Gasteiger partial charge in [-0.1, -0.05) is 23.4 Å². The summed E-state index contributed by atoms with van der Waals surface area (Å²) in [5.41, 5.74) is 1.32. The van der Waals surface area contributed by atoms with E-state index < -0.39 is 5.97 Å². The van der Waals surface area contributed by atoms with Crippen LogP contribution in [0.1, 0.15) is 5.89 Å². The molecule has 0 aliphatic rings. The molecule has 7 heteroatoms. The van der Waals surface area contributed by atoms with Crippen molar-refractivity contribution in [2.24, 2.45) is 0 Å². The fourth-order valence-corrected chi connectivity index (χ4v) is 2.31. The van der Waals surface area contributed by atoms with Crippen molar-refractivity contribution in [2.75, 3.05) is 0 Å². The lowest BCUT2D eigenvalue weighted by molar-refractivity contribution is -0.136. The Kier molecular flexibility index (Phi) is 3.19. The number of pyridine rings is 1. The molecule has 0 saturated heterocycles. The van der Waals surface area contributed by atoms with Crippen LogP contribution in [0.4, 0.5) is 0 Å². The molecule has 0 radical (unpaired) electrons. The maximum atomic E-state index is 10.6. The molecule has 0 aliphatic carbocycles. The van der Waals surface area contributed by atoms with E-state index in [2.05, 4.69) is 31.1 Å². The van der Waals surface area contributed by atoms with Gasteiger partial charge in [-0.25, -0.2) is 4.98 Å². The number of para-hydroxylation sites is 1. The first-order chi connectivity index (χ1) is 9.63. The molecule has 1 N–H and O–H groups in total. The normalized spacial score (nSPS) is 10.8. The zero-order chi connectivity index (χ0) is 14.1. The Bertz CT molecular complexity index is 800. The van der Waals surface area contributed by atoms with Gasteiger partial charge in [-0.2, -0.15) is 4.98 Å². The van der Waals surface area contributed by atoms with Gasteiger partial charge in [-0.05, 0) is 28.1 Å². The summed E-state index contributed by atoms with van der Waals surface area (Å²) < 4.78 is 5.62. The van der Waals surface area contributed by atoms with Crippen molar-refractivity contribution in [1.82, 2.24) is 15.1 Å². The molecule has 20 heavy (non-hydrogen) atoms. The Morgan fingerprint density at radius 3 is 2.90 bits per heavy atom. The lowest BCUT2D eigenvalue weighted by Gasteiger charge is -2.02. The second kappa shape index (κ2) is 5.01. The summed E-state index contributed by atoms with van der Waals surface area (Å²) >= 11 is 3.41. The number of benzene rings is 1. The average molecular weight is 334 g/mol. The number of aliphatic carboxylic acids is 1. The van der Waals surface area contributed by atoms with Gasteiger partial charge >= 0.3 is 5.97 Å². The molecule has 0 atom stereocenters. The van der Waals surface area contributed by atoms with E-state index in [1.54, 1.807) is 0 Å². The SMILES string of the molecule is O=C(O)Cc1nc(-c2nc3ccccc3cc2Br)no1. The second-order valence-corrected chi connectivity index (χ2v) is 4.95. The second-order valence-electron chi connectivity index (χ2n) is 4.09. The maximum absolute atomic E-state index is 10.6. The van der Waals surface area contributed by atoms with Gasteiger partial charge in [0.15, 0.2) is 0 Å². The molecule has 1 aromatic carbocycles. The van der Waals surface area contributed by atoms with Gasteiger partial charge < -0.3 is 9.63 Å². The minimum absolute atomic E-state index is 0.0503. The average Bonchev–Trinajstić information content (AvgIpc) is 2.85. The third kappa shape index (κ3) is 2.39. The van der Waals surface area contributed by atoms with E-state index in [-0.39, 0.29) is 18.1 Å². The summed E-state index contributed by atoms with van der Waals surface area (Å²) in [6, 6.07) is 9.55. The molecule has 0 amide bonds. The first-order valence-corrected chi connectivity index (χ1v) is 6.53. The number of hydrogen-bond donors (Lipinski definition) is 1. The van der Waals surface area contributed by atoms with E-state index in [0.717, 1.165) is 15.4 Å². The van der Waals surface area contributed by atoms with E-state index in [1.807, 2.05) is 30.3 Å². The molecular weight excluding hydrogens is 326 g/mol. The van der Waals surface area contributed by atoms with Crippen molar-refractivity contribution < 1.29 is 14.4 Å². The lowest BCUT2D eigenvalue weighted by atomic mass is 10.2. The summed E-state index contributed by atoms with van der Waals surface area (Å²) in [6.07, 6.45) is -0.307. The highest BCUT2D eigenvalue weighted by Crippen LogP contribution is 2.27. The summed E-state index contributed by atoms with van der Waals surface area (Å²) in [5, 5.41) is 13.4. The van der Waals surface area contributed by atoms with E-state index in [4.69, 9.17) is 9.63 Å². The summed E-state index contributed by atoms with van der Waals surface area (Å²) in [6.45, 7) is 0. The zero-order valence-corrected chi connectivity index (χ0v) is 11.7. The Morgan fingerprint density at radius 2 is 2.10 bits per heavy atom. The van der Waals surface area contributed by atoms with Gasteiger partial charge in [0, 0.05) is 9.86 Å². The molecule has 0 spiro atoms. The van der Waals surface area contributed by atoms with Gasteiger partial charge in [0.25, 0.3) is 0 Å². The highest BCUT2D eigenvalue weighted by atomic mass is 79.9. The molecule has 2 aromatic heterocycles. The first-order valence-electron chi connectivity index (χ1n) is 5.73. The summed E-state index contributed by atoms with van der Waals surface area (Å²) in [7, 11) is 0. The van der Waals surface area contributed by atoms with Crippen LogP contribution in [0.25, 0.3) is 22.4 Å². The number of hydrogen-bond acceptors (Lipinski definition) is 5. The van der Waals surface area contributed by atoms with Crippen molar-refractivity contribution >= 4 is 32.8 Å². The number of carboxylic acids is 1. The van der Waals surface area contributed by atoms with Gasteiger partial charge in [-0.3, -0.25) is 4.79 Å². The van der Waals surface area contributed by atoms with Crippen LogP contribution in [0, 0.1) is 0 Å². The van der Waals surface area contributed by atoms with Crippen molar-refractivity contribution in [2.45, 2.75) is 6.42 Å². The van der Waals surface area contributed by atoms with E-state index in [9.17, 15) is 4.79 Å². The first kappa shape index (κ1) is 12.7. The predicted molar refractivity (Wildman–Crippen MR) is 74.1 cm³/mol. The monoisotopic (exact) mass is 333 g/mol. The van der Waals surface area contributed by atoms with E-state index >= 15 is 0 Å². The van der Waals surface area contributed by atoms with Crippen LogP contribution in [0.3, 0.4) is 0 Å². The standard InChI is InChI=1S/C13H8BrN3O3/c14-8-5-7-3-1-2-4-9(7)15-12(8)13-16-10(20-17-13)6-11(18)19/h1-5H,6H2,(H,18,19). The molecule has 100 valence electrons. The number of carbonyl (C=O) groups is 1. The number of nitrogens with zero attached hydrogens (tertiary/aromatic N) is 3. The number of rotatable bonds is 3. The molecule has 0 fully saturated rings. The highest BCUT2D eigenvalue weighted by molar-refractivity contribution is 9.10. The van der Waals surface area contributed by atoms with Crippen molar-refractivity contribution in [3.8, 4) is 11.5 Å². The number of aromatic nitrogens is 3. The fourth-order valence-electron chi connectivity index (χ4n) is 1.80. The van der Waals surface area contributed by atoms with Crippen LogP contribution in [0.15, 0.2) is 39.3 Å². The van der Waals surface area contributed by atoms with Gasteiger partial charge in [-0.15, -0.1) is 0 Å².